The van der Waals surface area contributed by atoms with E-state index in [4.69, 9.17) is 4.74 Å². The van der Waals surface area contributed by atoms with Crippen molar-refractivity contribution in [3.63, 3.8) is 0 Å². The molecule has 0 radical (unpaired) electrons. The second-order valence-corrected chi connectivity index (χ2v) is 6.01. The molecule has 1 unspecified atom stereocenters. The van der Waals surface area contributed by atoms with E-state index < -0.39 is 0 Å². The first-order valence-electron chi connectivity index (χ1n) is 7.10. The summed E-state index contributed by atoms with van der Waals surface area (Å²) < 4.78 is 5.64. The summed E-state index contributed by atoms with van der Waals surface area (Å²) in [7, 11) is 0. The van der Waals surface area contributed by atoms with Gasteiger partial charge in [-0.15, -0.1) is 0 Å². The van der Waals surface area contributed by atoms with Gasteiger partial charge in [0.15, 0.2) is 5.78 Å². The summed E-state index contributed by atoms with van der Waals surface area (Å²) in [5.41, 5.74) is 2.21. The molecule has 0 amide bonds. The van der Waals surface area contributed by atoms with Crippen LogP contribution in [-0.4, -0.2) is 18.5 Å². The Bertz CT molecular complexity index is 398. The summed E-state index contributed by atoms with van der Waals surface area (Å²) in [4.78, 5) is 12.4. The molecule has 0 fully saturated rings. The van der Waals surface area contributed by atoms with E-state index in [1.54, 1.807) is 0 Å². The lowest BCUT2D eigenvalue weighted by atomic mass is 9.84. The van der Waals surface area contributed by atoms with Gasteiger partial charge in [-0.2, -0.15) is 0 Å². The molecule has 0 spiro atoms. The van der Waals surface area contributed by atoms with Crippen LogP contribution in [0, 0.1) is 5.41 Å². The lowest BCUT2D eigenvalue weighted by Gasteiger charge is -2.29. The average Bonchev–Trinajstić information content (AvgIpc) is 2.35. The highest BCUT2D eigenvalue weighted by Crippen LogP contribution is 2.24. The highest BCUT2D eigenvalue weighted by atomic mass is 16.5. The van der Waals surface area contributed by atoms with Crippen molar-refractivity contribution >= 4 is 5.78 Å². The number of carbonyl (C=O) groups excluding carboxylic acids is 1. The zero-order valence-electron chi connectivity index (χ0n) is 12.8. The molecule has 0 saturated carbocycles. The molecule has 1 aromatic rings. The average molecular weight is 262 g/mol. The summed E-state index contributed by atoms with van der Waals surface area (Å²) in [5.74, 6) is 0.165. The lowest BCUT2D eigenvalue weighted by Crippen LogP contribution is -2.38. The van der Waals surface area contributed by atoms with Gasteiger partial charge in [0.1, 0.15) is 6.10 Å². The minimum atomic E-state index is -0.330. The van der Waals surface area contributed by atoms with Crippen LogP contribution in [0.4, 0.5) is 0 Å². The summed E-state index contributed by atoms with van der Waals surface area (Å²) >= 11 is 0. The fraction of sp³-hybridized carbons (Fsp3) is 0.588. The molecule has 1 rings (SSSR count). The molecule has 0 aliphatic carbocycles. The normalized spacial score (nSPS) is 13.3. The second kappa shape index (κ2) is 6.85. The predicted molar refractivity (Wildman–Crippen MR) is 79.4 cm³/mol. The summed E-state index contributed by atoms with van der Waals surface area (Å²) in [6.07, 6.45) is 1.15. The molecule has 106 valence electrons. The molecule has 0 aromatic heterocycles. The number of rotatable bonds is 6. The maximum atomic E-state index is 12.4. The van der Waals surface area contributed by atoms with Crippen LogP contribution in [0.3, 0.4) is 0 Å². The molecule has 2 nitrogen and oxygen atoms in total. The second-order valence-electron chi connectivity index (χ2n) is 6.01. The molecular formula is C17H26O2. The summed E-state index contributed by atoms with van der Waals surface area (Å²) in [6, 6.07) is 8.27. The van der Waals surface area contributed by atoms with E-state index in [1.807, 2.05) is 39.8 Å². The van der Waals surface area contributed by atoms with Gasteiger partial charge < -0.3 is 4.74 Å². The SMILES string of the molecule is CCOC(C(=O)Cc1ccc(CC)cc1)C(C)(C)C. The van der Waals surface area contributed by atoms with Crippen LogP contribution in [0.2, 0.25) is 0 Å². The molecule has 0 N–H and O–H groups in total. The first-order chi connectivity index (χ1) is 8.88. The Labute approximate surface area is 117 Å². The zero-order valence-corrected chi connectivity index (χ0v) is 12.8. The highest BCUT2D eigenvalue weighted by molar-refractivity contribution is 5.86. The molecular weight excluding hydrogens is 236 g/mol. The number of hydrogen-bond donors (Lipinski definition) is 0. The van der Waals surface area contributed by atoms with Crippen molar-refractivity contribution in [2.24, 2.45) is 5.41 Å². The van der Waals surface area contributed by atoms with E-state index in [2.05, 4.69) is 19.1 Å². The van der Waals surface area contributed by atoms with Crippen molar-refractivity contribution < 1.29 is 9.53 Å². The van der Waals surface area contributed by atoms with E-state index >= 15 is 0 Å². The van der Waals surface area contributed by atoms with Gasteiger partial charge in [0.05, 0.1) is 0 Å². The number of carbonyl (C=O) groups is 1. The van der Waals surface area contributed by atoms with Crippen LogP contribution in [0.5, 0.6) is 0 Å². The molecule has 1 aromatic carbocycles. The Morgan fingerprint density at radius 2 is 1.63 bits per heavy atom. The third-order valence-corrected chi connectivity index (χ3v) is 3.22. The third-order valence-electron chi connectivity index (χ3n) is 3.22. The maximum absolute atomic E-state index is 12.4. The Hall–Kier alpha value is -1.15. The van der Waals surface area contributed by atoms with Crippen LogP contribution in [-0.2, 0) is 22.4 Å². The molecule has 0 bridgehead atoms. The fourth-order valence-electron chi connectivity index (χ4n) is 2.18. The quantitative estimate of drug-likeness (QED) is 0.779. The molecule has 0 aliphatic rings. The van der Waals surface area contributed by atoms with Crippen LogP contribution < -0.4 is 0 Å². The van der Waals surface area contributed by atoms with Gasteiger partial charge in [0.25, 0.3) is 0 Å². The molecule has 19 heavy (non-hydrogen) atoms. The van der Waals surface area contributed by atoms with Crippen LogP contribution in [0.15, 0.2) is 24.3 Å². The predicted octanol–water partition coefficient (Wildman–Crippen LogP) is 3.81. The summed E-state index contributed by atoms with van der Waals surface area (Å²) in [5, 5.41) is 0. The molecule has 0 aliphatic heterocycles. The van der Waals surface area contributed by atoms with Crippen LogP contribution in [0.25, 0.3) is 0 Å². The molecule has 0 heterocycles. The smallest absolute Gasteiger partial charge is 0.166 e. The minimum absolute atomic E-state index is 0.156. The zero-order chi connectivity index (χ0) is 14.5. The monoisotopic (exact) mass is 262 g/mol. The van der Waals surface area contributed by atoms with Crippen molar-refractivity contribution in [3.8, 4) is 0 Å². The number of benzene rings is 1. The Morgan fingerprint density at radius 3 is 2.05 bits per heavy atom. The molecule has 2 heteroatoms. The molecule has 1 atom stereocenters. The fourth-order valence-corrected chi connectivity index (χ4v) is 2.18. The van der Waals surface area contributed by atoms with Crippen LogP contribution in [0.1, 0.15) is 45.7 Å². The van der Waals surface area contributed by atoms with Gasteiger partial charge in [-0.05, 0) is 29.9 Å². The van der Waals surface area contributed by atoms with Crippen molar-refractivity contribution in [1.29, 1.82) is 0 Å². The van der Waals surface area contributed by atoms with Gasteiger partial charge in [-0.1, -0.05) is 52.0 Å². The highest BCUT2D eigenvalue weighted by Gasteiger charge is 2.31. The van der Waals surface area contributed by atoms with Gasteiger partial charge >= 0.3 is 0 Å². The van der Waals surface area contributed by atoms with Crippen LogP contribution >= 0.6 is 0 Å². The van der Waals surface area contributed by atoms with Crippen molar-refractivity contribution in [1.82, 2.24) is 0 Å². The Balaban J connectivity index is 2.75. The minimum Gasteiger partial charge on any atom is -0.370 e. The van der Waals surface area contributed by atoms with Crippen molar-refractivity contribution in [2.75, 3.05) is 6.61 Å². The van der Waals surface area contributed by atoms with E-state index in [-0.39, 0.29) is 17.3 Å². The van der Waals surface area contributed by atoms with E-state index in [1.165, 1.54) is 5.56 Å². The number of aryl methyl sites for hydroxylation is 1. The number of hydrogen-bond acceptors (Lipinski definition) is 2. The van der Waals surface area contributed by atoms with Crippen molar-refractivity contribution in [3.05, 3.63) is 35.4 Å². The van der Waals surface area contributed by atoms with Gasteiger partial charge in [-0.25, -0.2) is 0 Å². The topological polar surface area (TPSA) is 26.3 Å². The Morgan fingerprint density at radius 1 is 1.11 bits per heavy atom. The maximum Gasteiger partial charge on any atom is 0.166 e. The molecule has 0 saturated heterocycles. The van der Waals surface area contributed by atoms with Gasteiger partial charge in [0, 0.05) is 13.0 Å². The number of ether oxygens (including phenoxy) is 1. The van der Waals surface area contributed by atoms with E-state index in [0.717, 1.165) is 12.0 Å². The van der Waals surface area contributed by atoms with Gasteiger partial charge in [-0.3, -0.25) is 4.79 Å². The standard InChI is InChI=1S/C17H26O2/c1-6-13-8-10-14(11-9-13)12-15(18)16(19-7-2)17(3,4)5/h8-11,16H,6-7,12H2,1-5H3. The number of Topliss-reactive ketones (excluding diaryl/α,β-unsaturated/α-hetero) is 1. The Kier molecular flexibility index (Phi) is 5.74. The van der Waals surface area contributed by atoms with Crippen molar-refractivity contribution in [2.45, 2.75) is 53.6 Å². The third kappa shape index (κ3) is 4.79. The number of ketones is 1. The largest absolute Gasteiger partial charge is 0.370 e. The van der Waals surface area contributed by atoms with E-state index in [0.29, 0.717) is 13.0 Å². The first kappa shape index (κ1) is 15.9. The lowest BCUT2D eigenvalue weighted by molar-refractivity contribution is -0.136. The first-order valence-corrected chi connectivity index (χ1v) is 7.10. The van der Waals surface area contributed by atoms with Gasteiger partial charge in [0.2, 0.25) is 0 Å². The summed E-state index contributed by atoms with van der Waals surface area (Å²) in [6.45, 7) is 10.8. The van der Waals surface area contributed by atoms with E-state index in [9.17, 15) is 4.79 Å².